The van der Waals surface area contributed by atoms with Gasteiger partial charge in [-0.25, -0.2) is 0 Å². The molecule has 0 amide bonds. The fraction of sp³-hybridized carbons (Fsp3) is 1.00. The first-order valence-corrected chi connectivity index (χ1v) is 6.83. The molecule has 0 bridgehead atoms. The first-order valence-electron chi connectivity index (χ1n) is 5.42. The van der Waals surface area contributed by atoms with E-state index in [4.69, 9.17) is 0 Å². The standard InChI is InChI=1S/C10H17F3O3S/c1-7-4-8(6-9(2,3)5-7)16-17(14,15)10(11,12)13/h7-8H,4-6H2,1-3H3. The van der Waals surface area contributed by atoms with Gasteiger partial charge in [-0.2, -0.15) is 21.6 Å². The van der Waals surface area contributed by atoms with Crippen molar-refractivity contribution in [2.24, 2.45) is 11.3 Å². The number of hydrogen-bond acceptors (Lipinski definition) is 3. The third-order valence-electron chi connectivity index (χ3n) is 2.89. The van der Waals surface area contributed by atoms with E-state index in [0.717, 1.165) is 6.42 Å². The zero-order valence-electron chi connectivity index (χ0n) is 10.0. The second-order valence-electron chi connectivity index (χ2n) is 5.53. The molecule has 0 saturated heterocycles. The summed E-state index contributed by atoms with van der Waals surface area (Å²) in [4.78, 5) is 0. The predicted octanol–water partition coefficient (Wildman–Crippen LogP) is 3.07. The normalized spacial score (nSPS) is 30.2. The molecule has 1 fully saturated rings. The third-order valence-corrected chi connectivity index (χ3v) is 3.99. The Kier molecular flexibility index (Phi) is 3.84. The molecule has 1 aliphatic rings. The monoisotopic (exact) mass is 274 g/mol. The maximum absolute atomic E-state index is 12.2. The minimum Gasteiger partial charge on any atom is -0.260 e. The SMILES string of the molecule is CC1CC(OS(=O)(=O)C(F)(F)F)CC(C)(C)C1. The van der Waals surface area contributed by atoms with Crippen LogP contribution in [0.1, 0.15) is 40.0 Å². The lowest BCUT2D eigenvalue weighted by Gasteiger charge is -2.38. The maximum Gasteiger partial charge on any atom is 0.523 e. The minimum atomic E-state index is -5.47. The van der Waals surface area contributed by atoms with Crippen molar-refractivity contribution >= 4 is 10.1 Å². The zero-order chi connectivity index (χ0) is 13.5. The summed E-state index contributed by atoms with van der Waals surface area (Å²) in [6, 6.07) is 0. The van der Waals surface area contributed by atoms with Crippen LogP contribution in [0, 0.1) is 11.3 Å². The van der Waals surface area contributed by atoms with Crippen molar-refractivity contribution in [2.45, 2.75) is 51.6 Å². The molecule has 0 aliphatic heterocycles. The van der Waals surface area contributed by atoms with Gasteiger partial charge in [-0.15, -0.1) is 0 Å². The molecule has 0 aromatic rings. The Labute approximate surface area is 99.5 Å². The molecule has 3 nitrogen and oxygen atoms in total. The first-order chi connectivity index (χ1) is 7.43. The number of halogens is 3. The lowest BCUT2D eigenvalue weighted by Crippen LogP contribution is -2.37. The summed E-state index contributed by atoms with van der Waals surface area (Å²) in [6.45, 7) is 5.69. The predicted molar refractivity (Wildman–Crippen MR) is 56.6 cm³/mol. The van der Waals surface area contributed by atoms with Crippen LogP contribution in [-0.4, -0.2) is 20.0 Å². The van der Waals surface area contributed by atoms with Crippen LogP contribution in [0.25, 0.3) is 0 Å². The van der Waals surface area contributed by atoms with Gasteiger partial charge in [-0.1, -0.05) is 20.8 Å². The second kappa shape index (κ2) is 4.42. The van der Waals surface area contributed by atoms with Gasteiger partial charge in [0.2, 0.25) is 0 Å². The largest absolute Gasteiger partial charge is 0.523 e. The molecule has 1 saturated carbocycles. The Balaban J connectivity index is 2.76. The van der Waals surface area contributed by atoms with Gasteiger partial charge >= 0.3 is 15.6 Å². The molecule has 2 atom stereocenters. The lowest BCUT2D eigenvalue weighted by molar-refractivity contribution is -0.0619. The number of alkyl halides is 3. The first kappa shape index (κ1) is 14.8. The Morgan fingerprint density at radius 1 is 1.24 bits per heavy atom. The summed E-state index contributed by atoms with van der Waals surface area (Å²) in [5, 5.41) is 0. The van der Waals surface area contributed by atoms with E-state index in [2.05, 4.69) is 4.18 Å². The van der Waals surface area contributed by atoms with Crippen LogP contribution in [0.15, 0.2) is 0 Å². The van der Waals surface area contributed by atoms with Crippen molar-refractivity contribution in [1.82, 2.24) is 0 Å². The van der Waals surface area contributed by atoms with Crippen LogP contribution in [0.2, 0.25) is 0 Å². The van der Waals surface area contributed by atoms with E-state index in [1.807, 2.05) is 20.8 Å². The molecular formula is C10H17F3O3S. The minimum absolute atomic E-state index is 0.159. The van der Waals surface area contributed by atoms with Gasteiger partial charge < -0.3 is 0 Å². The Hall–Kier alpha value is -0.300. The second-order valence-corrected chi connectivity index (χ2v) is 7.10. The summed E-state index contributed by atoms with van der Waals surface area (Å²) in [5.41, 5.74) is -5.53. The Morgan fingerprint density at radius 2 is 1.76 bits per heavy atom. The molecule has 7 heteroatoms. The van der Waals surface area contributed by atoms with Gasteiger partial charge in [0.1, 0.15) is 0 Å². The van der Waals surface area contributed by atoms with Gasteiger partial charge in [0.15, 0.2) is 0 Å². The van der Waals surface area contributed by atoms with Crippen LogP contribution < -0.4 is 0 Å². The Bertz CT molecular complexity index is 373. The fourth-order valence-electron chi connectivity index (χ4n) is 2.57. The molecule has 2 unspecified atom stereocenters. The molecular weight excluding hydrogens is 257 g/mol. The summed E-state index contributed by atoms with van der Waals surface area (Å²) in [6.07, 6.45) is 0.657. The third kappa shape index (κ3) is 3.84. The smallest absolute Gasteiger partial charge is 0.260 e. The fourth-order valence-corrected chi connectivity index (χ4v) is 3.18. The highest BCUT2D eigenvalue weighted by atomic mass is 32.2. The highest BCUT2D eigenvalue weighted by Gasteiger charge is 2.49. The summed E-state index contributed by atoms with van der Waals surface area (Å²) >= 11 is 0. The lowest BCUT2D eigenvalue weighted by atomic mass is 9.72. The molecule has 0 spiro atoms. The number of hydrogen-bond donors (Lipinski definition) is 0. The molecule has 17 heavy (non-hydrogen) atoms. The number of rotatable bonds is 2. The van der Waals surface area contributed by atoms with Gasteiger partial charge in [0.05, 0.1) is 6.10 Å². The molecule has 0 heterocycles. The molecule has 0 N–H and O–H groups in total. The van der Waals surface area contributed by atoms with Crippen LogP contribution in [0.4, 0.5) is 13.2 Å². The van der Waals surface area contributed by atoms with Crippen molar-refractivity contribution in [3.05, 3.63) is 0 Å². The van der Waals surface area contributed by atoms with Crippen molar-refractivity contribution in [1.29, 1.82) is 0 Å². The molecule has 0 aromatic carbocycles. The van der Waals surface area contributed by atoms with Crippen molar-refractivity contribution in [3.8, 4) is 0 Å². The van der Waals surface area contributed by atoms with E-state index < -0.39 is 21.7 Å². The van der Waals surface area contributed by atoms with E-state index in [1.165, 1.54) is 0 Å². The Morgan fingerprint density at radius 3 is 2.18 bits per heavy atom. The van der Waals surface area contributed by atoms with E-state index in [0.29, 0.717) is 12.8 Å². The molecule has 102 valence electrons. The van der Waals surface area contributed by atoms with Gasteiger partial charge in [0, 0.05) is 0 Å². The average molecular weight is 274 g/mol. The molecule has 0 radical (unpaired) electrons. The quantitative estimate of drug-likeness (QED) is 0.574. The zero-order valence-corrected chi connectivity index (χ0v) is 10.9. The molecule has 1 aliphatic carbocycles. The van der Waals surface area contributed by atoms with E-state index in [1.54, 1.807) is 0 Å². The van der Waals surface area contributed by atoms with Crippen molar-refractivity contribution in [2.75, 3.05) is 0 Å². The van der Waals surface area contributed by atoms with Gasteiger partial charge in [0.25, 0.3) is 0 Å². The van der Waals surface area contributed by atoms with E-state index in [-0.39, 0.29) is 11.3 Å². The topological polar surface area (TPSA) is 43.4 Å². The maximum atomic E-state index is 12.2. The average Bonchev–Trinajstić information content (AvgIpc) is 1.94. The summed E-state index contributed by atoms with van der Waals surface area (Å²) in [5.74, 6) is 0.159. The highest BCUT2D eigenvalue weighted by molar-refractivity contribution is 7.87. The van der Waals surface area contributed by atoms with Crippen LogP contribution in [0.3, 0.4) is 0 Å². The van der Waals surface area contributed by atoms with Crippen LogP contribution in [0.5, 0.6) is 0 Å². The van der Waals surface area contributed by atoms with E-state index >= 15 is 0 Å². The molecule has 0 aromatic heterocycles. The summed E-state index contributed by atoms with van der Waals surface area (Å²) in [7, 11) is -5.47. The van der Waals surface area contributed by atoms with Crippen LogP contribution >= 0.6 is 0 Å². The van der Waals surface area contributed by atoms with Crippen molar-refractivity contribution in [3.63, 3.8) is 0 Å². The summed E-state index contributed by atoms with van der Waals surface area (Å²) < 4.78 is 62.6. The molecule has 1 rings (SSSR count). The highest BCUT2D eigenvalue weighted by Crippen LogP contribution is 2.41. The van der Waals surface area contributed by atoms with Gasteiger partial charge in [-0.05, 0) is 30.6 Å². The van der Waals surface area contributed by atoms with Gasteiger partial charge in [-0.3, -0.25) is 4.18 Å². The van der Waals surface area contributed by atoms with Crippen LogP contribution in [-0.2, 0) is 14.3 Å². The van der Waals surface area contributed by atoms with Crippen molar-refractivity contribution < 1.29 is 25.8 Å². The van der Waals surface area contributed by atoms with E-state index in [9.17, 15) is 21.6 Å².